The van der Waals surface area contributed by atoms with Crippen molar-refractivity contribution in [3.05, 3.63) is 59.2 Å². The summed E-state index contributed by atoms with van der Waals surface area (Å²) in [5.74, 6) is -4.82. The molecule has 0 aromatic heterocycles. The molecule has 0 amide bonds. The molecule has 0 unspecified atom stereocenters. The van der Waals surface area contributed by atoms with Gasteiger partial charge in [0.1, 0.15) is 4.99 Å². The summed E-state index contributed by atoms with van der Waals surface area (Å²) in [6.45, 7) is 0. The van der Waals surface area contributed by atoms with Crippen LogP contribution in [0.2, 0.25) is 0 Å². The second-order valence-corrected chi connectivity index (χ2v) is 4.32. The minimum absolute atomic E-state index is 0.261. The number of nitrogens with one attached hydrogen (secondary N) is 1. The highest BCUT2D eigenvalue weighted by Gasteiger charge is 2.16. The third-order valence-electron chi connectivity index (χ3n) is 2.57. The van der Waals surface area contributed by atoms with E-state index in [4.69, 9.17) is 5.73 Å². The molecule has 7 heteroatoms. The van der Waals surface area contributed by atoms with Gasteiger partial charge in [0.15, 0.2) is 23.3 Å². The monoisotopic (exact) mass is 300 g/mol. The number of benzene rings is 2. The molecule has 0 aliphatic rings. The van der Waals surface area contributed by atoms with Crippen molar-refractivity contribution in [1.29, 1.82) is 0 Å². The van der Waals surface area contributed by atoms with Crippen LogP contribution in [0.1, 0.15) is 5.56 Å². The lowest BCUT2D eigenvalue weighted by atomic mass is 10.1. The van der Waals surface area contributed by atoms with Crippen molar-refractivity contribution < 1.29 is 17.6 Å². The van der Waals surface area contributed by atoms with Crippen molar-refractivity contribution in [2.24, 2.45) is 5.73 Å². The normalized spacial score (nSPS) is 10.4. The summed E-state index contributed by atoms with van der Waals surface area (Å²) in [5.41, 5.74) is 4.30. The van der Waals surface area contributed by atoms with Crippen LogP contribution in [0.15, 0.2) is 30.3 Å². The lowest BCUT2D eigenvalue weighted by Crippen LogP contribution is -2.13. The molecule has 0 bridgehead atoms. The van der Waals surface area contributed by atoms with Crippen molar-refractivity contribution >= 4 is 28.6 Å². The molecule has 3 N–H and O–H groups in total. The van der Waals surface area contributed by atoms with E-state index < -0.39 is 23.3 Å². The zero-order valence-corrected chi connectivity index (χ0v) is 10.7. The molecule has 0 aliphatic carbocycles. The van der Waals surface area contributed by atoms with Gasteiger partial charge in [-0.05, 0) is 24.3 Å². The zero-order valence-electron chi connectivity index (χ0n) is 9.88. The highest BCUT2D eigenvalue weighted by atomic mass is 32.1. The predicted molar refractivity (Wildman–Crippen MR) is 71.9 cm³/mol. The summed E-state index contributed by atoms with van der Waals surface area (Å²) in [7, 11) is 0. The number of anilines is 2. The van der Waals surface area contributed by atoms with E-state index in [2.05, 4.69) is 17.5 Å². The van der Waals surface area contributed by atoms with Gasteiger partial charge in [0.25, 0.3) is 0 Å². The van der Waals surface area contributed by atoms with Crippen LogP contribution in [0.3, 0.4) is 0 Å². The van der Waals surface area contributed by atoms with Crippen molar-refractivity contribution in [3.8, 4) is 0 Å². The fourth-order valence-electron chi connectivity index (χ4n) is 1.58. The van der Waals surface area contributed by atoms with E-state index in [9.17, 15) is 17.6 Å². The third-order valence-corrected chi connectivity index (χ3v) is 2.79. The van der Waals surface area contributed by atoms with Crippen LogP contribution in [0.5, 0.6) is 0 Å². The number of rotatable bonds is 3. The Labute approximate surface area is 117 Å². The van der Waals surface area contributed by atoms with Gasteiger partial charge in [-0.15, -0.1) is 0 Å². The van der Waals surface area contributed by atoms with Crippen LogP contribution >= 0.6 is 12.2 Å². The van der Waals surface area contributed by atoms with E-state index in [1.54, 1.807) is 0 Å². The lowest BCUT2D eigenvalue weighted by molar-refractivity contribution is 0.507. The van der Waals surface area contributed by atoms with Crippen molar-refractivity contribution in [2.75, 3.05) is 5.32 Å². The maximum absolute atomic E-state index is 13.8. The maximum Gasteiger partial charge on any atom is 0.182 e. The van der Waals surface area contributed by atoms with E-state index in [0.717, 1.165) is 18.2 Å². The number of nitrogens with two attached hydrogens (primary N) is 1. The average Bonchev–Trinajstić information content (AvgIpc) is 2.40. The molecular formula is C13H8F4N2S. The summed E-state index contributed by atoms with van der Waals surface area (Å²) in [6.07, 6.45) is 0. The smallest absolute Gasteiger partial charge is 0.182 e. The Morgan fingerprint density at radius 3 is 2.20 bits per heavy atom. The van der Waals surface area contributed by atoms with Crippen molar-refractivity contribution in [1.82, 2.24) is 0 Å². The van der Waals surface area contributed by atoms with Gasteiger partial charge < -0.3 is 11.1 Å². The van der Waals surface area contributed by atoms with E-state index in [1.807, 2.05) is 0 Å². The summed E-state index contributed by atoms with van der Waals surface area (Å²) in [5, 5.41) is 2.27. The average molecular weight is 300 g/mol. The Bertz CT molecular complexity index is 688. The Morgan fingerprint density at radius 1 is 0.900 bits per heavy atom. The molecule has 0 fully saturated rings. The van der Waals surface area contributed by atoms with Gasteiger partial charge in [-0.25, -0.2) is 17.6 Å². The Morgan fingerprint density at radius 2 is 1.55 bits per heavy atom. The fourth-order valence-corrected chi connectivity index (χ4v) is 1.74. The summed E-state index contributed by atoms with van der Waals surface area (Å²) < 4.78 is 53.9. The molecule has 2 nitrogen and oxygen atoms in total. The van der Waals surface area contributed by atoms with Gasteiger partial charge in [-0.3, -0.25) is 0 Å². The van der Waals surface area contributed by atoms with E-state index in [-0.39, 0.29) is 21.9 Å². The van der Waals surface area contributed by atoms with Gasteiger partial charge >= 0.3 is 0 Å². The first-order chi connectivity index (χ1) is 9.41. The third kappa shape index (κ3) is 2.57. The standard InChI is InChI=1S/C13H8F4N2S/c14-7-2-1-3-8(11(7)16)19-9-5-4-6(13(18)20)10(15)12(9)17/h1-5,19H,(H2,18,20). The second-order valence-electron chi connectivity index (χ2n) is 3.88. The topological polar surface area (TPSA) is 38.0 Å². The molecule has 0 saturated carbocycles. The van der Waals surface area contributed by atoms with E-state index in [1.165, 1.54) is 12.1 Å². The minimum atomic E-state index is -1.28. The SMILES string of the molecule is NC(=S)c1ccc(Nc2cccc(F)c2F)c(F)c1F. The largest absolute Gasteiger partial charge is 0.389 e. The van der Waals surface area contributed by atoms with Crippen LogP contribution in [-0.2, 0) is 0 Å². The second kappa shape index (κ2) is 5.46. The van der Waals surface area contributed by atoms with Gasteiger partial charge in [-0.2, -0.15) is 0 Å². The number of hydrogen-bond acceptors (Lipinski definition) is 2. The summed E-state index contributed by atoms with van der Waals surface area (Å²) in [6, 6.07) is 5.63. The highest BCUT2D eigenvalue weighted by molar-refractivity contribution is 7.80. The molecule has 0 atom stereocenters. The number of halogens is 4. The van der Waals surface area contributed by atoms with Gasteiger partial charge in [0, 0.05) is 5.56 Å². The number of thiocarbonyl (C=S) groups is 1. The molecule has 20 heavy (non-hydrogen) atoms. The first-order valence-electron chi connectivity index (χ1n) is 5.40. The predicted octanol–water partition coefficient (Wildman–Crippen LogP) is 3.62. The summed E-state index contributed by atoms with van der Waals surface area (Å²) in [4.78, 5) is -0.301. The maximum atomic E-state index is 13.8. The lowest BCUT2D eigenvalue weighted by Gasteiger charge is -2.11. The molecule has 0 aliphatic heterocycles. The molecule has 2 aromatic rings. The molecule has 2 rings (SSSR count). The Balaban J connectivity index is 2.42. The molecule has 0 heterocycles. The van der Waals surface area contributed by atoms with Crippen LogP contribution < -0.4 is 11.1 Å². The Hall–Kier alpha value is -2.15. The molecule has 0 spiro atoms. The number of hydrogen-bond donors (Lipinski definition) is 2. The first-order valence-corrected chi connectivity index (χ1v) is 5.81. The van der Waals surface area contributed by atoms with Crippen LogP contribution in [0.25, 0.3) is 0 Å². The highest BCUT2D eigenvalue weighted by Crippen LogP contribution is 2.26. The van der Waals surface area contributed by atoms with Crippen LogP contribution in [0, 0.1) is 23.3 Å². The van der Waals surface area contributed by atoms with Gasteiger partial charge in [0.2, 0.25) is 0 Å². The van der Waals surface area contributed by atoms with Crippen LogP contribution in [0.4, 0.5) is 28.9 Å². The first kappa shape index (κ1) is 14.3. The van der Waals surface area contributed by atoms with E-state index >= 15 is 0 Å². The molecule has 0 radical (unpaired) electrons. The fraction of sp³-hybridized carbons (Fsp3) is 0. The Kier molecular flexibility index (Phi) is 3.89. The van der Waals surface area contributed by atoms with Crippen molar-refractivity contribution in [3.63, 3.8) is 0 Å². The molecular weight excluding hydrogens is 292 g/mol. The van der Waals surface area contributed by atoms with Gasteiger partial charge in [-0.1, -0.05) is 18.3 Å². The quantitative estimate of drug-likeness (QED) is 0.671. The van der Waals surface area contributed by atoms with Crippen LogP contribution in [-0.4, -0.2) is 4.99 Å². The molecule has 104 valence electrons. The van der Waals surface area contributed by atoms with E-state index in [0.29, 0.717) is 0 Å². The zero-order chi connectivity index (χ0) is 14.9. The summed E-state index contributed by atoms with van der Waals surface area (Å²) >= 11 is 4.56. The van der Waals surface area contributed by atoms with Crippen molar-refractivity contribution in [2.45, 2.75) is 0 Å². The molecule has 2 aromatic carbocycles. The molecule has 0 saturated heterocycles. The minimum Gasteiger partial charge on any atom is -0.389 e. The van der Waals surface area contributed by atoms with Gasteiger partial charge in [0.05, 0.1) is 11.4 Å².